The molecule has 0 aromatic carbocycles. The Morgan fingerprint density at radius 2 is 2.07 bits per heavy atom. The summed E-state index contributed by atoms with van der Waals surface area (Å²) in [5, 5.41) is 17.8. The van der Waals surface area contributed by atoms with Gasteiger partial charge >= 0.3 is 11.9 Å². The van der Waals surface area contributed by atoms with E-state index in [1.807, 2.05) is 0 Å². The van der Waals surface area contributed by atoms with Gasteiger partial charge in [-0.15, -0.1) is 0 Å². The van der Waals surface area contributed by atoms with E-state index < -0.39 is 11.6 Å². The van der Waals surface area contributed by atoms with Crippen molar-refractivity contribution < 1.29 is 24.5 Å². The summed E-state index contributed by atoms with van der Waals surface area (Å²) in [6, 6.07) is 0. The van der Waals surface area contributed by atoms with E-state index in [-0.39, 0.29) is 18.1 Å². The molecule has 0 aromatic rings. The van der Waals surface area contributed by atoms with Crippen LogP contribution in [0.15, 0.2) is 0 Å². The normalized spacial score (nSPS) is 14.5. The second kappa shape index (κ2) is 5.87. The van der Waals surface area contributed by atoms with Crippen LogP contribution in [0.2, 0.25) is 0 Å². The molecule has 0 saturated heterocycles. The highest BCUT2D eigenvalue weighted by atomic mass is 32.2. The zero-order valence-corrected chi connectivity index (χ0v) is 8.97. The molecule has 5 nitrogen and oxygen atoms in total. The van der Waals surface area contributed by atoms with Crippen LogP contribution in [-0.4, -0.2) is 46.4 Å². The Kier molecular flexibility index (Phi) is 5.56. The minimum Gasteiger partial charge on any atom is -0.479 e. The topological polar surface area (TPSA) is 83.8 Å². The third kappa shape index (κ3) is 5.08. The molecule has 1 unspecified atom stereocenters. The van der Waals surface area contributed by atoms with Crippen LogP contribution in [-0.2, 0) is 14.3 Å². The van der Waals surface area contributed by atoms with Gasteiger partial charge in [0.25, 0.3) is 0 Å². The molecule has 0 saturated carbocycles. The Hall–Kier alpha value is -0.750. The average molecular weight is 222 g/mol. The lowest BCUT2D eigenvalue weighted by Crippen LogP contribution is -2.37. The summed E-state index contributed by atoms with van der Waals surface area (Å²) >= 11 is 1.20. The second-order valence-corrected chi connectivity index (χ2v) is 4.06. The van der Waals surface area contributed by atoms with E-state index in [9.17, 15) is 14.7 Å². The van der Waals surface area contributed by atoms with Crippen LogP contribution in [0.4, 0.5) is 0 Å². The first-order chi connectivity index (χ1) is 6.40. The number of thioether (sulfide) groups is 1. The van der Waals surface area contributed by atoms with Crippen molar-refractivity contribution in [3.8, 4) is 0 Å². The summed E-state index contributed by atoms with van der Waals surface area (Å²) in [5.41, 5.74) is -1.74. The Bertz CT molecular complexity index is 214. The lowest BCUT2D eigenvalue weighted by atomic mass is 10.1. The van der Waals surface area contributed by atoms with Crippen LogP contribution >= 0.6 is 11.8 Å². The molecular weight excluding hydrogens is 208 g/mol. The number of rotatable bonds is 6. The summed E-state index contributed by atoms with van der Waals surface area (Å²) in [6.07, 6.45) is 0.219. The van der Waals surface area contributed by atoms with Gasteiger partial charge in [-0.25, -0.2) is 4.79 Å². The highest BCUT2D eigenvalue weighted by Gasteiger charge is 2.29. The van der Waals surface area contributed by atoms with Crippen LogP contribution in [0.1, 0.15) is 13.3 Å². The van der Waals surface area contributed by atoms with Gasteiger partial charge in [-0.3, -0.25) is 4.79 Å². The molecule has 0 heterocycles. The van der Waals surface area contributed by atoms with E-state index in [1.54, 1.807) is 0 Å². The number of esters is 1. The predicted octanol–water partition coefficient (Wildman–Crippen LogP) is 0.118. The van der Waals surface area contributed by atoms with Gasteiger partial charge in [0.1, 0.15) is 0 Å². The van der Waals surface area contributed by atoms with Crippen molar-refractivity contribution in [2.45, 2.75) is 18.9 Å². The largest absolute Gasteiger partial charge is 0.479 e. The lowest BCUT2D eigenvalue weighted by molar-refractivity contribution is -0.154. The van der Waals surface area contributed by atoms with Crippen LogP contribution < -0.4 is 0 Å². The summed E-state index contributed by atoms with van der Waals surface area (Å²) in [7, 11) is 1.29. The Morgan fingerprint density at radius 1 is 1.50 bits per heavy atom. The Balaban J connectivity index is 3.64. The number of hydrogen-bond donors (Lipinski definition) is 2. The third-order valence-corrected chi connectivity index (χ3v) is 2.78. The number of carboxylic acid groups (broad SMARTS) is 1. The number of carboxylic acids is 1. The van der Waals surface area contributed by atoms with Crippen molar-refractivity contribution in [3.05, 3.63) is 0 Å². The van der Waals surface area contributed by atoms with E-state index in [0.717, 1.165) is 0 Å². The van der Waals surface area contributed by atoms with E-state index in [0.29, 0.717) is 5.75 Å². The number of ether oxygens (including phenoxy) is 1. The van der Waals surface area contributed by atoms with Crippen LogP contribution in [0, 0.1) is 0 Å². The molecule has 82 valence electrons. The number of methoxy groups -OCH3 is 1. The van der Waals surface area contributed by atoms with Crippen molar-refractivity contribution in [2.75, 3.05) is 18.6 Å². The van der Waals surface area contributed by atoms with Gasteiger partial charge in [0.05, 0.1) is 13.5 Å². The Morgan fingerprint density at radius 3 is 2.50 bits per heavy atom. The minimum atomic E-state index is -1.74. The predicted molar refractivity (Wildman–Crippen MR) is 52.2 cm³/mol. The third-order valence-electron chi connectivity index (χ3n) is 1.52. The molecule has 0 fully saturated rings. The summed E-state index contributed by atoms with van der Waals surface area (Å²) in [4.78, 5) is 21.1. The van der Waals surface area contributed by atoms with Crippen LogP contribution in [0.25, 0.3) is 0 Å². The molecule has 6 heteroatoms. The molecule has 0 aliphatic rings. The van der Waals surface area contributed by atoms with Crippen molar-refractivity contribution in [1.29, 1.82) is 0 Å². The zero-order chi connectivity index (χ0) is 11.2. The first-order valence-corrected chi connectivity index (χ1v) is 5.16. The first kappa shape index (κ1) is 13.2. The summed E-state index contributed by atoms with van der Waals surface area (Å²) < 4.78 is 4.40. The van der Waals surface area contributed by atoms with Crippen LogP contribution in [0.3, 0.4) is 0 Å². The summed E-state index contributed by atoms with van der Waals surface area (Å²) in [5.74, 6) is -1.11. The monoisotopic (exact) mass is 222 g/mol. The molecule has 1 atom stereocenters. The minimum absolute atomic E-state index is 0.0549. The summed E-state index contributed by atoms with van der Waals surface area (Å²) in [6.45, 7) is 1.22. The number of hydrogen-bond acceptors (Lipinski definition) is 5. The Labute approximate surface area is 86.4 Å². The van der Waals surface area contributed by atoms with Crippen molar-refractivity contribution in [3.63, 3.8) is 0 Å². The van der Waals surface area contributed by atoms with Gasteiger partial charge < -0.3 is 14.9 Å². The molecular formula is C8H14O5S. The zero-order valence-electron chi connectivity index (χ0n) is 8.15. The molecule has 0 aromatic heterocycles. The molecule has 0 radical (unpaired) electrons. The molecule has 0 amide bonds. The molecule has 14 heavy (non-hydrogen) atoms. The molecule has 0 bridgehead atoms. The number of aliphatic carboxylic acids is 1. The van der Waals surface area contributed by atoms with Gasteiger partial charge in [0.15, 0.2) is 5.60 Å². The van der Waals surface area contributed by atoms with Gasteiger partial charge in [0, 0.05) is 11.5 Å². The highest BCUT2D eigenvalue weighted by Crippen LogP contribution is 2.14. The van der Waals surface area contributed by atoms with Gasteiger partial charge in [-0.2, -0.15) is 11.8 Å². The van der Waals surface area contributed by atoms with E-state index in [2.05, 4.69) is 4.74 Å². The van der Waals surface area contributed by atoms with E-state index >= 15 is 0 Å². The van der Waals surface area contributed by atoms with Crippen molar-refractivity contribution >= 4 is 23.7 Å². The van der Waals surface area contributed by atoms with Gasteiger partial charge in [0.2, 0.25) is 0 Å². The van der Waals surface area contributed by atoms with E-state index in [4.69, 9.17) is 5.11 Å². The number of aliphatic hydroxyl groups is 1. The fourth-order valence-corrected chi connectivity index (χ4v) is 1.57. The smallest absolute Gasteiger partial charge is 0.336 e. The highest BCUT2D eigenvalue weighted by molar-refractivity contribution is 7.99. The second-order valence-electron chi connectivity index (χ2n) is 2.96. The fourth-order valence-electron chi connectivity index (χ4n) is 0.590. The lowest BCUT2D eigenvalue weighted by Gasteiger charge is -2.16. The maximum Gasteiger partial charge on any atom is 0.336 e. The molecule has 2 N–H and O–H groups in total. The van der Waals surface area contributed by atoms with Crippen molar-refractivity contribution in [2.24, 2.45) is 0 Å². The van der Waals surface area contributed by atoms with Gasteiger partial charge in [-0.1, -0.05) is 0 Å². The number of carbonyl (C=O) groups excluding carboxylic acids is 1. The fraction of sp³-hybridized carbons (Fsp3) is 0.750. The van der Waals surface area contributed by atoms with Crippen molar-refractivity contribution in [1.82, 2.24) is 0 Å². The average Bonchev–Trinajstić information content (AvgIpc) is 2.11. The SMILES string of the molecule is COC(=O)CCSCC(C)(O)C(=O)O. The molecule has 0 spiro atoms. The quantitative estimate of drug-likeness (QED) is 0.490. The molecule has 0 aliphatic heterocycles. The van der Waals surface area contributed by atoms with E-state index in [1.165, 1.54) is 25.8 Å². The number of carbonyl (C=O) groups is 2. The maximum absolute atomic E-state index is 10.7. The van der Waals surface area contributed by atoms with Crippen LogP contribution in [0.5, 0.6) is 0 Å². The van der Waals surface area contributed by atoms with Gasteiger partial charge in [-0.05, 0) is 6.92 Å². The maximum atomic E-state index is 10.7. The molecule has 0 aliphatic carbocycles. The standard InChI is InChI=1S/C8H14O5S/c1-8(12,7(10)11)5-14-4-3-6(9)13-2/h12H,3-5H2,1-2H3,(H,10,11). The molecule has 0 rings (SSSR count). The first-order valence-electron chi connectivity index (χ1n) is 4.00.